The summed E-state index contributed by atoms with van der Waals surface area (Å²) >= 11 is 6.72. The van der Waals surface area contributed by atoms with E-state index in [-0.39, 0.29) is 5.92 Å². The molecule has 0 saturated heterocycles. The van der Waals surface area contributed by atoms with Gasteiger partial charge in [0.1, 0.15) is 0 Å². The van der Waals surface area contributed by atoms with E-state index in [1.165, 1.54) is 4.88 Å². The molecule has 14 heavy (non-hydrogen) atoms. The van der Waals surface area contributed by atoms with Gasteiger partial charge in [0, 0.05) is 23.9 Å². The molecule has 0 spiro atoms. The molecule has 1 atom stereocenters. The lowest BCUT2D eigenvalue weighted by Gasteiger charge is -2.19. The van der Waals surface area contributed by atoms with E-state index in [9.17, 15) is 0 Å². The lowest BCUT2D eigenvalue weighted by atomic mass is 10.2. The van der Waals surface area contributed by atoms with Gasteiger partial charge in [-0.05, 0) is 18.5 Å². The summed E-state index contributed by atoms with van der Waals surface area (Å²) in [5.74, 6) is 0.287. The average molecular weight is 228 g/mol. The van der Waals surface area contributed by atoms with Gasteiger partial charge in [-0.25, -0.2) is 0 Å². The van der Waals surface area contributed by atoms with Gasteiger partial charge in [-0.3, -0.25) is 0 Å². The van der Waals surface area contributed by atoms with E-state index in [1.54, 1.807) is 11.3 Å². The van der Waals surface area contributed by atoms with Crippen molar-refractivity contribution in [1.29, 1.82) is 0 Å². The van der Waals surface area contributed by atoms with Crippen molar-refractivity contribution < 1.29 is 0 Å². The second-order valence-electron chi connectivity index (χ2n) is 3.58. The quantitative estimate of drug-likeness (QED) is 0.783. The number of hydrogen-bond acceptors (Lipinski definition) is 3. The maximum atomic E-state index is 5.57. The molecule has 0 fully saturated rings. The van der Waals surface area contributed by atoms with E-state index in [0.29, 0.717) is 4.99 Å². The third-order valence-corrected chi connectivity index (χ3v) is 3.34. The lowest BCUT2D eigenvalue weighted by molar-refractivity contribution is 0.310. The summed E-state index contributed by atoms with van der Waals surface area (Å²) in [6.07, 6.45) is 0. The van der Waals surface area contributed by atoms with Gasteiger partial charge >= 0.3 is 0 Å². The Morgan fingerprint density at radius 1 is 1.71 bits per heavy atom. The van der Waals surface area contributed by atoms with Gasteiger partial charge in [0.2, 0.25) is 0 Å². The fraction of sp³-hybridized carbons (Fsp3) is 0.500. The van der Waals surface area contributed by atoms with Gasteiger partial charge < -0.3 is 10.6 Å². The fourth-order valence-electron chi connectivity index (χ4n) is 1.29. The van der Waals surface area contributed by atoms with Gasteiger partial charge in [0.15, 0.2) is 0 Å². The Balaban J connectivity index is 2.36. The first-order chi connectivity index (χ1) is 6.59. The molecule has 0 aliphatic rings. The SMILES string of the molecule is CC(CN(C)Cc1cccs1)C(N)=S. The van der Waals surface area contributed by atoms with Crippen LogP contribution in [0.2, 0.25) is 0 Å². The molecule has 0 aliphatic heterocycles. The minimum Gasteiger partial charge on any atom is -0.393 e. The molecule has 2 N–H and O–H groups in total. The molecule has 1 aromatic rings. The highest BCUT2D eigenvalue weighted by atomic mass is 32.1. The molecule has 0 amide bonds. The normalized spacial score (nSPS) is 13.1. The number of thiocarbonyl (C=S) groups is 1. The molecule has 0 saturated carbocycles. The molecule has 0 radical (unpaired) electrons. The van der Waals surface area contributed by atoms with E-state index < -0.39 is 0 Å². The molecule has 1 unspecified atom stereocenters. The Morgan fingerprint density at radius 3 is 2.93 bits per heavy atom. The standard InChI is InChI=1S/C10H16N2S2/c1-8(10(11)13)6-12(2)7-9-4-3-5-14-9/h3-5,8H,6-7H2,1-2H3,(H2,11,13). The maximum Gasteiger partial charge on any atom is 0.0768 e. The van der Waals surface area contributed by atoms with E-state index >= 15 is 0 Å². The summed E-state index contributed by atoms with van der Waals surface area (Å²) in [5.41, 5.74) is 5.57. The summed E-state index contributed by atoms with van der Waals surface area (Å²) in [6, 6.07) is 4.22. The molecule has 78 valence electrons. The van der Waals surface area contributed by atoms with Crippen LogP contribution >= 0.6 is 23.6 Å². The van der Waals surface area contributed by atoms with Crippen LogP contribution in [0.4, 0.5) is 0 Å². The topological polar surface area (TPSA) is 29.3 Å². The Bertz CT molecular complexity index is 282. The maximum absolute atomic E-state index is 5.57. The zero-order chi connectivity index (χ0) is 10.6. The van der Waals surface area contributed by atoms with Crippen molar-refractivity contribution in [3.63, 3.8) is 0 Å². The molecule has 1 heterocycles. The molecule has 1 rings (SSSR count). The first-order valence-corrected chi connectivity index (χ1v) is 5.88. The van der Waals surface area contributed by atoms with Crippen molar-refractivity contribution in [2.24, 2.45) is 11.7 Å². The van der Waals surface area contributed by atoms with Crippen LogP contribution in [0, 0.1) is 5.92 Å². The Hall–Kier alpha value is -0.450. The molecule has 2 nitrogen and oxygen atoms in total. The summed E-state index contributed by atoms with van der Waals surface area (Å²) in [4.78, 5) is 4.22. The number of hydrogen-bond donors (Lipinski definition) is 1. The van der Waals surface area contributed by atoms with Crippen LogP contribution in [0.15, 0.2) is 17.5 Å². The predicted octanol–water partition coefficient (Wildman–Crippen LogP) is 2.10. The lowest BCUT2D eigenvalue weighted by Crippen LogP contribution is -2.30. The first kappa shape index (κ1) is 11.6. The second kappa shape index (κ2) is 5.44. The second-order valence-corrected chi connectivity index (χ2v) is 5.08. The summed E-state index contributed by atoms with van der Waals surface area (Å²) in [6.45, 7) is 3.96. The van der Waals surface area contributed by atoms with E-state index in [1.807, 2.05) is 0 Å². The van der Waals surface area contributed by atoms with E-state index in [2.05, 4.69) is 36.4 Å². The molecule has 0 aromatic carbocycles. The van der Waals surface area contributed by atoms with Gasteiger partial charge in [-0.1, -0.05) is 25.2 Å². The van der Waals surface area contributed by atoms with Crippen molar-refractivity contribution in [3.05, 3.63) is 22.4 Å². The van der Waals surface area contributed by atoms with Crippen LogP contribution < -0.4 is 5.73 Å². The fourth-order valence-corrected chi connectivity index (χ4v) is 2.15. The molecule has 4 heteroatoms. The third-order valence-electron chi connectivity index (χ3n) is 2.08. The molecular formula is C10H16N2S2. The number of rotatable bonds is 5. The Kier molecular flexibility index (Phi) is 4.51. The minimum absolute atomic E-state index is 0.287. The van der Waals surface area contributed by atoms with E-state index in [0.717, 1.165) is 13.1 Å². The largest absolute Gasteiger partial charge is 0.393 e. The number of thiophene rings is 1. The summed E-state index contributed by atoms with van der Waals surface area (Å²) in [7, 11) is 2.09. The molecule has 0 bridgehead atoms. The third kappa shape index (κ3) is 3.74. The van der Waals surface area contributed by atoms with Gasteiger partial charge in [-0.2, -0.15) is 0 Å². The van der Waals surface area contributed by atoms with Crippen molar-refractivity contribution >= 4 is 28.5 Å². The highest BCUT2D eigenvalue weighted by Gasteiger charge is 2.09. The average Bonchev–Trinajstić information content (AvgIpc) is 2.56. The molecule has 0 aliphatic carbocycles. The summed E-state index contributed by atoms with van der Waals surface area (Å²) < 4.78 is 0. The number of nitrogens with two attached hydrogens (primary N) is 1. The molecular weight excluding hydrogens is 212 g/mol. The van der Waals surface area contributed by atoms with Crippen LogP contribution in [0.1, 0.15) is 11.8 Å². The Labute approximate surface area is 94.7 Å². The zero-order valence-corrected chi connectivity index (χ0v) is 10.2. The monoisotopic (exact) mass is 228 g/mol. The summed E-state index contributed by atoms with van der Waals surface area (Å²) in [5, 5.41) is 2.10. The van der Waals surface area contributed by atoms with Crippen LogP contribution in [0.3, 0.4) is 0 Å². The van der Waals surface area contributed by atoms with Crippen molar-refractivity contribution in [1.82, 2.24) is 4.90 Å². The van der Waals surface area contributed by atoms with Gasteiger partial charge in [-0.15, -0.1) is 11.3 Å². The zero-order valence-electron chi connectivity index (χ0n) is 8.56. The number of nitrogens with zero attached hydrogens (tertiary/aromatic N) is 1. The smallest absolute Gasteiger partial charge is 0.0768 e. The van der Waals surface area contributed by atoms with Gasteiger partial charge in [0.25, 0.3) is 0 Å². The Morgan fingerprint density at radius 2 is 2.43 bits per heavy atom. The van der Waals surface area contributed by atoms with Crippen LogP contribution in [-0.2, 0) is 6.54 Å². The van der Waals surface area contributed by atoms with Crippen molar-refractivity contribution in [2.75, 3.05) is 13.6 Å². The van der Waals surface area contributed by atoms with E-state index in [4.69, 9.17) is 18.0 Å². The molecule has 1 aromatic heterocycles. The van der Waals surface area contributed by atoms with Crippen LogP contribution in [0.5, 0.6) is 0 Å². The highest BCUT2D eigenvalue weighted by Crippen LogP contribution is 2.11. The van der Waals surface area contributed by atoms with Crippen molar-refractivity contribution in [3.8, 4) is 0 Å². The van der Waals surface area contributed by atoms with Crippen molar-refractivity contribution in [2.45, 2.75) is 13.5 Å². The van der Waals surface area contributed by atoms with Crippen LogP contribution in [0.25, 0.3) is 0 Å². The predicted molar refractivity (Wildman–Crippen MR) is 66.6 cm³/mol. The van der Waals surface area contributed by atoms with Gasteiger partial charge in [0.05, 0.1) is 4.99 Å². The minimum atomic E-state index is 0.287. The highest BCUT2D eigenvalue weighted by molar-refractivity contribution is 7.80. The van der Waals surface area contributed by atoms with Crippen LogP contribution in [-0.4, -0.2) is 23.5 Å². The first-order valence-electron chi connectivity index (χ1n) is 4.60.